The van der Waals surface area contributed by atoms with E-state index < -0.39 is 11.8 Å². The van der Waals surface area contributed by atoms with Gasteiger partial charge in [-0.2, -0.15) is 5.26 Å². The molecular weight excluding hydrogens is 729 g/mol. The number of rotatable bonds is 7. The summed E-state index contributed by atoms with van der Waals surface area (Å²) in [5, 5.41) is 20.0. The van der Waals surface area contributed by atoms with Gasteiger partial charge in [0.05, 0.1) is 33.2 Å². The molecule has 0 bridgehead atoms. The summed E-state index contributed by atoms with van der Waals surface area (Å²) in [5.74, 6) is 0.434. The number of imide groups is 1. The number of fused-ring (bicyclic) bond motifs is 1. The van der Waals surface area contributed by atoms with Crippen LogP contribution in [0.3, 0.4) is 0 Å². The zero-order valence-electron chi connectivity index (χ0n) is 32.1. The molecule has 0 radical (unpaired) electrons. The predicted molar refractivity (Wildman–Crippen MR) is 223 cm³/mol. The first-order valence-electron chi connectivity index (χ1n) is 19.9. The summed E-state index contributed by atoms with van der Waals surface area (Å²) >= 11 is 6.02. The van der Waals surface area contributed by atoms with Crippen LogP contribution in [-0.2, 0) is 11.8 Å². The topological polar surface area (TPSA) is 138 Å². The quantitative estimate of drug-likeness (QED) is 0.129. The lowest BCUT2D eigenvalue weighted by atomic mass is 9.91. The molecule has 4 saturated heterocycles. The van der Waals surface area contributed by atoms with Crippen LogP contribution in [-0.4, -0.2) is 79.5 Å². The second-order valence-corrected chi connectivity index (χ2v) is 15.9. The van der Waals surface area contributed by atoms with E-state index in [9.17, 15) is 9.59 Å². The van der Waals surface area contributed by atoms with Gasteiger partial charge in [-0.1, -0.05) is 29.8 Å². The fraction of sp³-hybridized carbons (Fsp3) is 0.442. The van der Waals surface area contributed by atoms with Crippen molar-refractivity contribution < 1.29 is 14.0 Å². The molecule has 1 aromatic heterocycles. The van der Waals surface area contributed by atoms with Crippen molar-refractivity contribution in [2.45, 2.75) is 57.3 Å². The van der Waals surface area contributed by atoms with Crippen LogP contribution in [0.1, 0.15) is 68.5 Å². The average molecular weight is 780 g/mol. The molecule has 3 aromatic carbocycles. The molecule has 13 heteroatoms. The Labute approximate surface area is 333 Å². The molecule has 4 aromatic rings. The lowest BCUT2D eigenvalue weighted by Crippen LogP contribution is -2.49. The molecule has 4 fully saturated rings. The van der Waals surface area contributed by atoms with Crippen molar-refractivity contribution >= 4 is 62.9 Å². The fourth-order valence-corrected chi connectivity index (χ4v) is 9.11. The van der Waals surface area contributed by atoms with E-state index in [1.165, 1.54) is 48.2 Å². The first kappa shape index (κ1) is 39.1. The Hall–Kier alpha value is -5.12. The molecule has 0 spiro atoms. The molecule has 4 N–H and O–H groups in total. The Kier molecular flexibility index (Phi) is 12.1. The zero-order chi connectivity index (χ0) is 39.3. The van der Waals surface area contributed by atoms with Crippen molar-refractivity contribution in [3.8, 4) is 6.07 Å². The van der Waals surface area contributed by atoms with Gasteiger partial charge >= 0.3 is 6.03 Å². The molecular formula is C43H51ClFN9O2. The van der Waals surface area contributed by atoms with Crippen molar-refractivity contribution in [3.63, 3.8) is 0 Å². The summed E-state index contributed by atoms with van der Waals surface area (Å²) in [6.45, 7) is 7.74. The normalized spacial score (nSPS) is 18.7. The Morgan fingerprint density at radius 1 is 0.911 bits per heavy atom. The molecule has 56 heavy (non-hydrogen) atoms. The number of aryl methyl sites for hydroxylation is 1. The number of likely N-dealkylation sites (tertiary alicyclic amines) is 1. The lowest BCUT2D eigenvalue weighted by Gasteiger charge is -2.38. The monoisotopic (exact) mass is 779 g/mol. The molecule has 11 nitrogen and oxygen atoms in total. The SMILES string of the molecule is Cn1c(C2CCN(CC3CCN(c4ccccc4)CC3)CC2)cc2cc(F)c(N3CCC(=O)NC3=O)cc21.N#CC(=N)c1c(Cl)ccc(N2CCCCC2)c1N. The molecule has 8 rings (SSSR count). The first-order chi connectivity index (χ1) is 27.1. The number of nitriles is 1. The zero-order valence-corrected chi connectivity index (χ0v) is 32.8. The van der Waals surface area contributed by atoms with Crippen molar-refractivity contribution in [2.24, 2.45) is 13.0 Å². The number of piperidine rings is 3. The molecule has 3 amide bonds. The van der Waals surface area contributed by atoms with Crippen LogP contribution in [0.25, 0.3) is 10.9 Å². The van der Waals surface area contributed by atoms with E-state index in [2.05, 4.69) is 61.0 Å². The molecule has 294 valence electrons. The van der Waals surface area contributed by atoms with Crippen LogP contribution in [0.15, 0.2) is 60.7 Å². The molecule has 5 heterocycles. The molecule has 0 saturated carbocycles. The summed E-state index contributed by atoms with van der Waals surface area (Å²) in [5.41, 5.74) is 11.3. The summed E-state index contributed by atoms with van der Waals surface area (Å²) in [7, 11) is 2.03. The van der Waals surface area contributed by atoms with Crippen molar-refractivity contribution in [1.82, 2.24) is 14.8 Å². The van der Waals surface area contributed by atoms with E-state index in [4.69, 9.17) is 28.0 Å². The molecule has 0 aliphatic carbocycles. The van der Waals surface area contributed by atoms with E-state index in [0.717, 1.165) is 87.5 Å². The Balaban J connectivity index is 0.000000224. The maximum Gasteiger partial charge on any atom is 0.328 e. The number of benzene rings is 3. The van der Waals surface area contributed by atoms with Gasteiger partial charge in [0.1, 0.15) is 17.6 Å². The van der Waals surface area contributed by atoms with Crippen LogP contribution in [0.5, 0.6) is 0 Å². The number of para-hydroxylation sites is 1. The molecule has 0 unspecified atom stereocenters. The second kappa shape index (κ2) is 17.3. The Morgan fingerprint density at radius 2 is 1.62 bits per heavy atom. The number of nitrogens with one attached hydrogen (secondary N) is 2. The number of nitrogens with zero attached hydrogens (tertiary/aromatic N) is 6. The van der Waals surface area contributed by atoms with Crippen LogP contribution < -0.4 is 25.8 Å². The maximum absolute atomic E-state index is 15.0. The van der Waals surface area contributed by atoms with Gasteiger partial charge in [-0.25, -0.2) is 9.18 Å². The van der Waals surface area contributed by atoms with Crippen LogP contribution in [0.4, 0.5) is 31.9 Å². The van der Waals surface area contributed by atoms with Crippen LogP contribution >= 0.6 is 11.6 Å². The van der Waals surface area contributed by atoms with Gasteiger partial charge in [-0.15, -0.1) is 0 Å². The third kappa shape index (κ3) is 8.49. The third-order valence-corrected chi connectivity index (χ3v) is 12.3. The molecule has 0 atom stereocenters. The standard InChI is InChI=1S/C30H36FN5O2.C13H15ClN4/c1-33-26(18-23-17-25(31)28(19-27(23)33)36-16-11-29(37)32-30(36)38)22-9-12-34(13-10-22)20-21-7-14-35(15-8-21)24-5-3-2-4-6-24;14-9-4-5-11(18-6-2-1-3-7-18)13(17)12(9)10(16)8-15/h2-6,17-19,21-22H,7-16,20H2,1H3,(H,32,37,38);4-5,16H,1-3,6-7,17H2. The number of hydrogen-bond donors (Lipinski definition) is 3. The lowest BCUT2D eigenvalue weighted by molar-refractivity contribution is -0.120. The average Bonchev–Trinajstić information content (AvgIpc) is 3.53. The minimum atomic E-state index is -0.563. The minimum Gasteiger partial charge on any atom is -0.396 e. The third-order valence-electron chi connectivity index (χ3n) is 12.0. The van der Waals surface area contributed by atoms with Crippen molar-refractivity contribution in [3.05, 3.63) is 82.8 Å². The number of anilines is 4. The number of nitrogens with two attached hydrogens (primary N) is 1. The number of carbonyl (C=O) groups excluding carboxylic acids is 2. The van der Waals surface area contributed by atoms with Gasteiger partial charge in [0.25, 0.3) is 0 Å². The summed E-state index contributed by atoms with van der Waals surface area (Å²) in [6, 6.07) is 20.9. The molecule has 4 aliphatic heterocycles. The first-order valence-corrected chi connectivity index (χ1v) is 20.2. The highest BCUT2D eigenvalue weighted by Crippen LogP contribution is 2.36. The van der Waals surface area contributed by atoms with Crippen molar-refractivity contribution in [1.29, 1.82) is 10.7 Å². The number of hydrogen-bond acceptors (Lipinski definition) is 8. The number of urea groups is 1. The van der Waals surface area contributed by atoms with E-state index in [1.807, 2.05) is 13.1 Å². The van der Waals surface area contributed by atoms with E-state index in [0.29, 0.717) is 22.2 Å². The van der Waals surface area contributed by atoms with Crippen LogP contribution in [0, 0.1) is 28.5 Å². The summed E-state index contributed by atoms with van der Waals surface area (Å²) in [6.07, 6.45) is 8.39. The number of aromatic nitrogens is 1. The minimum absolute atomic E-state index is 0.173. The van der Waals surface area contributed by atoms with Crippen LogP contribution in [0.2, 0.25) is 5.02 Å². The number of halogens is 2. The Morgan fingerprint density at radius 3 is 2.30 bits per heavy atom. The van der Waals surface area contributed by atoms with E-state index >= 15 is 4.39 Å². The van der Waals surface area contributed by atoms with Gasteiger partial charge < -0.3 is 25.0 Å². The van der Waals surface area contributed by atoms with Gasteiger partial charge in [0.2, 0.25) is 5.91 Å². The van der Waals surface area contributed by atoms with Crippen molar-refractivity contribution in [2.75, 3.05) is 72.8 Å². The van der Waals surface area contributed by atoms with E-state index in [1.54, 1.807) is 18.2 Å². The Bertz CT molecular complexity index is 2110. The molecule has 4 aliphatic rings. The fourth-order valence-electron chi connectivity index (χ4n) is 8.85. The highest BCUT2D eigenvalue weighted by atomic mass is 35.5. The van der Waals surface area contributed by atoms with Gasteiger partial charge in [-0.3, -0.25) is 20.4 Å². The highest BCUT2D eigenvalue weighted by Gasteiger charge is 2.30. The van der Waals surface area contributed by atoms with Gasteiger partial charge in [0.15, 0.2) is 0 Å². The van der Waals surface area contributed by atoms with E-state index in [-0.39, 0.29) is 30.3 Å². The number of nitrogen functional groups attached to an aromatic ring is 1. The van der Waals surface area contributed by atoms with Gasteiger partial charge in [-0.05, 0) is 106 Å². The predicted octanol–water partition coefficient (Wildman–Crippen LogP) is 7.66. The van der Waals surface area contributed by atoms with Gasteiger partial charge in [0, 0.05) is 75.4 Å². The highest BCUT2D eigenvalue weighted by molar-refractivity contribution is 6.36. The number of carbonyl (C=O) groups is 2. The largest absolute Gasteiger partial charge is 0.396 e. The summed E-state index contributed by atoms with van der Waals surface area (Å²) < 4.78 is 17.2. The summed E-state index contributed by atoms with van der Waals surface area (Å²) in [4.78, 5) is 32.5. The second-order valence-electron chi connectivity index (χ2n) is 15.5. The maximum atomic E-state index is 15.0. The number of amides is 3. The smallest absolute Gasteiger partial charge is 0.328 e.